The Labute approximate surface area is 567 Å². The Balaban J connectivity index is 0.796. The van der Waals surface area contributed by atoms with Gasteiger partial charge in [0.2, 0.25) is 0 Å². The van der Waals surface area contributed by atoms with Crippen LogP contribution < -0.4 is 9.80 Å². The van der Waals surface area contributed by atoms with E-state index in [0.717, 1.165) is 28.4 Å². The molecule has 20 aromatic rings. The molecule has 6 heteroatoms. The molecule has 0 saturated heterocycles. The number of anilines is 6. The minimum absolute atomic E-state index is 1.10. The second-order valence-electron chi connectivity index (χ2n) is 25.4. The number of para-hydroxylation sites is 4. The van der Waals surface area contributed by atoms with Gasteiger partial charge in [-0.3, -0.25) is 0 Å². The predicted molar refractivity (Wildman–Crippen MR) is 419 cm³/mol. The Hall–Kier alpha value is -12.1. The van der Waals surface area contributed by atoms with Gasteiger partial charge in [-0.1, -0.05) is 249 Å². The van der Waals surface area contributed by atoms with Gasteiger partial charge in [0.25, 0.3) is 0 Å². The van der Waals surface area contributed by atoms with Gasteiger partial charge < -0.3 is 18.6 Å². The van der Waals surface area contributed by atoms with Crippen LogP contribution in [0.5, 0.6) is 0 Å². The van der Waals surface area contributed by atoms with Crippen LogP contribution in [0.15, 0.2) is 322 Å². The summed E-state index contributed by atoms with van der Waals surface area (Å²) >= 11 is 3.72. The minimum atomic E-state index is 1.10. The van der Waals surface area contributed by atoms with Gasteiger partial charge in [0.1, 0.15) is 0 Å². The van der Waals surface area contributed by atoms with Crippen LogP contribution in [0, 0.1) is 6.92 Å². The first-order valence-electron chi connectivity index (χ1n) is 33.2. The van der Waals surface area contributed by atoms with Crippen molar-refractivity contribution in [3.63, 3.8) is 0 Å². The smallest absolute Gasteiger partial charge is 0.0640 e. The first-order chi connectivity index (χ1) is 48.1. The molecule has 0 spiro atoms. The molecule has 0 saturated carbocycles. The zero-order valence-electron chi connectivity index (χ0n) is 52.9. The van der Waals surface area contributed by atoms with Crippen molar-refractivity contribution in [2.24, 2.45) is 0 Å². The van der Waals surface area contributed by atoms with E-state index >= 15 is 0 Å². The third-order valence-electron chi connectivity index (χ3n) is 20.3. The van der Waals surface area contributed by atoms with Crippen molar-refractivity contribution in [2.45, 2.75) is 6.92 Å². The van der Waals surface area contributed by atoms with Crippen LogP contribution in [0.3, 0.4) is 0 Å². The number of thiophene rings is 2. The zero-order valence-corrected chi connectivity index (χ0v) is 54.5. The molecule has 0 atom stereocenters. The molecule has 0 aliphatic carbocycles. The van der Waals surface area contributed by atoms with E-state index in [2.05, 4.69) is 341 Å². The lowest BCUT2D eigenvalue weighted by Gasteiger charge is -2.26. The van der Waals surface area contributed by atoms with Crippen LogP contribution in [0.1, 0.15) is 10.4 Å². The summed E-state index contributed by atoms with van der Waals surface area (Å²) in [6.07, 6.45) is 6.08. The number of hydrogen-bond donors (Lipinski definition) is 0. The number of aromatic nitrogens is 2. The van der Waals surface area contributed by atoms with Gasteiger partial charge in [0.15, 0.2) is 0 Å². The molecule has 0 aliphatic heterocycles. The molecule has 97 heavy (non-hydrogen) atoms. The first kappa shape index (κ1) is 55.4. The lowest BCUT2D eigenvalue weighted by atomic mass is 9.89. The topological polar surface area (TPSA) is 15.3 Å². The van der Waals surface area contributed by atoms with Gasteiger partial charge in [0, 0.05) is 103 Å². The number of nitrogens with zero attached hydrogens (tertiary/aromatic N) is 4. The molecule has 454 valence electrons. The van der Waals surface area contributed by atoms with Crippen LogP contribution in [-0.4, -0.2) is 8.80 Å². The Morgan fingerprint density at radius 3 is 1.21 bits per heavy atom. The molecule has 0 unspecified atom stereocenters. The summed E-state index contributed by atoms with van der Waals surface area (Å²) < 4.78 is 9.10. The Morgan fingerprint density at radius 2 is 0.711 bits per heavy atom. The largest absolute Gasteiger partial charge is 0.309 e. The van der Waals surface area contributed by atoms with Gasteiger partial charge in [-0.05, 0) is 125 Å². The summed E-state index contributed by atoms with van der Waals surface area (Å²) in [5, 5.41) is 13.8. The van der Waals surface area contributed by atoms with E-state index in [0.29, 0.717) is 0 Å². The highest BCUT2D eigenvalue weighted by Gasteiger charge is 2.32. The molecule has 0 amide bonds. The van der Waals surface area contributed by atoms with Crippen LogP contribution in [0.25, 0.3) is 157 Å². The van der Waals surface area contributed by atoms with Crippen LogP contribution >= 0.6 is 22.7 Å². The van der Waals surface area contributed by atoms with E-state index in [4.69, 9.17) is 0 Å². The number of fused-ring (bicyclic) bond motifs is 16. The van der Waals surface area contributed by atoms with Crippen molar-refractivity contribution < 1.29 is 0 Å². The first-order valence-corrected chi connectivity index (χ1v) is 34.8. The van der Waals surface area contributed by atoms with Crippen LogP contribution in [-0.2, 0) is 0 Å². The number of allylic oxidation sites excluding steroid dienone is 2. The van der Waals surface area contributed by atoms with Crippen molar-refractivity contribution in [3.8, 4) is 44.5 Å². The maximum Gasteiger partial charge on any atom is 0.0640 e. The van der Waals surface area contributed by atoms with E-state index in [1.54, 1.807) is 0 Å². The molecule has 0 fully saturated rings. The standard InChI is InChI=1S/C91H58N4S2/c1-3-4-33-65-56(2)96-90-69(65)37-23-45-77(90)92(61-29-13-7-14-30-61)63-52-48-57(49-53-63)66-35-21-43-75-82(66)71-39-19-41-73-84-81(60-27-11-6-12-28-60)89-85(80(59-25-9-5-10-26-59)88(84)94(75)86(71)73)74-42-20-40-72-83-67(36-22-44-76(83)95(89)87(72)74)58-50-54-64(55-51-58)93(62-31-15-8-16-32-62)78-46-24-38-70-68-34-17-18-47-79(68)97-91(70)78/h3-55H,1H2,2H3/b33-4-. The molecule has 14 aromatic carbocycles. The molecule has 0 aliphatic rings. The van der Waals surface area contributed by atoms with Gasteiger partial charge in [-0.25, -0.2) is 0 Å². The molecule has 0 N–H and O–H groups in total. The number of benzene rings is 14. The molecule has 6 heterocycles. The summed E-state index contributed by atoms with van der Waals surface area (Å²) in [5.74, 6) is 0. The fraction of sp³-hybridized carbons (Fsp3) is 0.0110. The van der Waals surface area contributed by atoms with E-state index in [9.17, 15) is 0 Å². The monoisotopic (exact) mass is 1270 g/mol. The second kappa shape index (κ2) is 21.7. The van der Waals surface area contributed by atoms with E-state index in [1.807, 2.05) is 34.8 Å². The van der Waals surface area contributed by atoms with Crippen LogP contribution in [0.2, 0.25) is 0 Å². The second-order valence-corrected chi connectivity index (χ2v) is 27.7. The molecule has 20 rings (SSSR count). The third kappa shape index (κ3) is 8.15. The summed E-state index contributed by atoms with van der Waals surface area (Å²) in [7, 11) is 0. The predicted octanol–water partition coefficient (Wildman–Crippen LogP) is 26.7. The quantitative estimate of drug-likeness (QED) is 0.113. The van der Waals surface area contributed by atoms with E-state index in [-0.39, 0.29) is 0 Å². The number of hydrogen-bond acceptors (Lipinski definition) is 4. The van der Waals surface area contributed by atoms with E-state index < -0.39 is 0 Å². The fourth-order valence-electron chi connectivity index (χ4n) is 16.3. The maximum absolute atomic E-state index is 3.97. The molecule has 0 radical (unpaired) electrons. The highest BCUT2D eigenvalue weighted by Crippen LogP contribution is 2.56. The lowest BCUT2D eigenvalue weighted by Crippen LogP contribution is -2.09. The Bertz CT molecular complexity index is 6560. The summed E-state index contributed by atoms with van der Waals surface area (Å²) in [6.45, 7) is 6.19. The maximum atomic E-state index is 3.97. The fourth-order valence-corrected chi connectivity index (χ4v) is 18.7. The SMILES string of the molecule is C=C/C=C\c1c(C)sc2c(N(c3ccccc3)c3ccc(-c4cccc5c4c4cccc6c7c(-c8ccccc8)c8c(c(-c9ccccc9)c7n5c46)c4cccc5c6c(-c7ccc(N(c9ccccc9)c9cccc%10c9sc9ccccc9%10)cc7)cccc6n8c54)cc3)cccc12. The normalized spacial score (nSPS) is 12.2. The van der Waals surface area contributed by atoms with Crippen molar-refractivity contribution in [1.29, 1.82) is 0 Å². The average Bonchev–Trinajstić information content (AvgIpc) is 1.50. The summed E-state index contributed by atoms with van der Waals surface area (Å²) in [4.78, 5) is 6.12. The zero-order chi connectivity index (χ0) is 64.0. The molecule has 4 nitrogen and oxygen atoms in total. The molecular formula is C91H58N4S2. The molecule has 0 bridgehead atoms. The summed E-state index contributed by atoms with van der Waals surface area (Å²) in [5.41, 5.74) is 24.9. The number of aryl methyl sites for hydroxylation is 1. The van der Waals surface area contributed by atoms with Crippen LogP contribution in [0.4, 0.5) is 34.1 Å². The average molecular weight is 1270 g/mol. The van der Waals surface area contributed by atoms with E-state index in [1.165, 1.54) is 167 Å². The van der Waals surface area contributed by atoms with Gasteiger partial charge in [-0.15, -0.1) is 22.7 Å². The van der Waals surface area contributed by atoms with Gasteiger partial charge in [0.05, 0.1) is 53.9 Å². The Kier molecular flexibility index (Phi) is 12.4. The highest BCUT2D eigenvalue weighted by molar-refractivity contribution is 7.26. The van der Waals surface area contributed by atoms with Gasteiger partial charge >= 0.3 is 0 Å². The number of rotatable bonds is 12. The lowest BCUT2D eigenvalue weighted by molar-refractivity contribution is 1.30. The molecule has 6 aromatic heterocycles. The molecular weight excluding hydrogens is 1210 g/mol. The van der Waals surface area contributed by atoms with Gasteiger partial charge in [-0.2, -0.15) is 0 Å². The highest BCUT2D eigenvalue weighted by atomic mass is 32.1. The van der Waals surface area contributed by atoms with Crippen molar-refractivity contribution in [1.82, 2.24) is 8.80 Å². The van der Waals surface area contributed by atoms with Crippen molar-refractivity contribution in [2.75, 3.05) is 9.80 Å². The minimum Gasteiger partial charge on any atom is -0.309 e. The third-order valence-corrected chi connectivity index (χ3v) is 22.6. The Morgan fingerprint density at radius 1 is 0.320 bits per heavy atom. The van der Waals surface area contributed by atoms with Crippen molar-refractivity contribution >= 4 is 169 Å². The van der Waals surface area contributed by atoms with Crippen molar-refractivity contribution in [3.05, 3.63) is 332 Å². The summed E-state index contributed by atoms with van der Waals surface area (Å²) in [6, 6.07) is 113.